The number of rotatable bonds is 2. The summed E-state index contributed by atoms with van der Waals surface area (Å²) in [6, 6.07) is 2.38. The Hall–Kier alpha value is -1.65. The monoisotopic (exact) mass is 185 g/mol. The molecule has 1 rings (SSSR count). The lowest BCUT2D eigenvalue weighted by atomic mass is 10.2. The van der Waals surface area contributed by atoms with E-state index in [0.717, 1.165) is 6.07 Å². The smallest absolute Gasteiger partial charge is 0.311 e. The molecular formula is C8H8FNO3. The maximum absolute atomic E-state index is 12.9. The van der Waals surface area contributed by atoms with Gasteiger partial charge in [0.25, 0.3) is 0 Å². The second kappa shape index (κ2) is 3.38. The van der Waals surface area contributed by atoms with Crippen molar-refractivity contribution in [3.8, 4) is 5.75 Å². The Balaban J connectivity index is 3.38. The van der Waals surface area contributed by atoms with E-state index in [-0.39, 0.29) is 5.56 Å². The fraction of sp³-hybridized carbons (Fsp3) is 0.250. The van der Waals surface area contributed by atoms with Gasteiger partial charge in [0.1, 0.15) is 5.75 Å². The van der Waals surface area contributed by atoms with Crippen molar-refractivity contribution in [3.05, 3.63) is 33.6 Å². The Kier molecular flexibility index (Phi) is 2.46. The molecule has 70 valence electrons. The van der Waals surface area contributed by atoms with Gasteiger partial charge in [-0.05, 0) is 19.1 Å². The average Bonchev–Trinajstić information content (AvgIpc) is 2.04. The minimum absolute atomic E-state index is 0.201. The topological polar surface area (TPSA) is 52.4 Å². The predicted octanol–water partition coefficient (Wildman–Crippen LogP) is 2.05. The number of methoxy groups -OCH3 is 1. The van der Waals surface area contributed by atoms with Crippen LogP contribution in [0.15, 0.2) is 12.1 Å². The van der Waals surface area contributed by atoms with Crippen LogP contribution in [-0.2, 0) is 0 Å². The highest BCUT2D eigenvalue weighted by atomic mass is 19.1. The molecule has 0 bridgehead atoms. The molecule has 0 heterocycles. The first-order valence-corrected chi connectivity index (χ1v) is 3.55. The number of nitrogens with zero attached hydrogens (tertiary/aromatic N) is 1. The van der Waals surface area contributed by atoms with Crippen LogP contribution in [0.25, 0.3) is 0 Å². The molecule has 0 unspecified atom stereocenters. The maximum atomic E-state index is 12.9. The Morgan fingerprint density at radius 1 is 1.54 bits per heavy atom. The van der Waals surface area contributed by atoms with E-state index in [9.17, 15) is 14.5 Å². The lowest BCUT2D eigenvalue weighted by molar-refractivity contribution is -0.388. The molecule has 0 aliphatic carbocycles. The van der Waals surface area contributed by atoms with Gasteiger partial charge in [-0.2, -0.15) is 4.39 Å². The zero-order valence-electron chi connectivity index (χ0n) is 7.20. The molecule has 13 heavy (non-hydrogen) atoms. The standard InChI is InChI=1S/C8H8FNO3/c1-5-7(13-2)4-3-6(9)8(5)10(11)12/h3-4H,1-2H3. The van der Waals surface area contributed by atoms with Crippen molar-refractivity contribution >= 4 is 5.69 Å². The highest BCUT2D eigenvalue weighted by Crippen LogP contribution is 2.29. The molecule has 0 aliphatic heterocycles. The second-order valence-corrected chi connectivity index (χ2v) is 2.48. The first-order chi connectivity index (χ1) is 6.07. The number of benzene rings is 1. The van der Waals surface area contributed by atoms with Crippen LogP contribution in [0.4, 0.5) is 10.1 Å². The van der Waals surface area contributed by atoms with Crippen LogP contribution in [0.3, 0.4) is 0 Å². The SMILES string of the molecule is COc1ccc(F)c([N+](=O)[O-])c1C. The molecule has 0 radical (unpaired) electrons. The van der Waals surface area contributed by atoms with E-state index in [0.29, 0.717) is 5.75 Å². The number of hydrogen-bond acceptors (Lipinski definition) is 3. The zero-order chi connectivity index (χ0) is 10.0. The minimum Gasteiger partial charge on any atom is -0.496 e. The fourth-order valence-corrected chi connectivity index (χ4v) is 1.09. The van der Waals surface area contributed by atoms with Gasteiger partial charge >= 0.3 is 5.69 Å². The quantitative estimate of drug-likeness (QED) is 0.523. The van der Waals surface area contributed by atoms with Gasteiger partial charge in [0.05, 0.1) is 17.6 Å². The maximum Gasteiger partial charge on any atom is 0.311 e. The van der Waals surface area contributed by atoms with Gasteiger partial charge in [0.2, 0.25) is 5.82 Å². The van der Waals surface area contributed by atoms with Crippen LogP contribution in [0.2, 0.25) is 0 Å². The van der Waals surface area contributed by atoms with Crippen LogP contribution in [0.5, 0.6) is 5.75 Å². The lowest BCUT2D eigenvalue weighted by Crippen LogP contribution is -1.98. The molecule has 5 heteroatoms. The van der Waals surface area contributed by atoms with Crippen molar-refractivity contribution in [2.24, 2.45) is 0 Å². The summed E-state index contributed by atoms with van der Waals surface area (Å²) >= 11 is 0. The van der Waals surface area contributed by atoms with Gasteiger partial charge in [0, 0.05) is 0 Å². The largest absolute Gasteiger partial charge is 0.496 e. The van der Waals surface area contributed by atoms with Gasteiger partial charge in [-0.1, -0.05) is 0 Å². The number of ether oxygens (including phenoxy) is 1. The van der Waals surface area contributed by atoms with Crippen LogP contribution in [0.1, 0.15) is 5.56 Å². The molecule has 0 N–H and O–H groups in total. The number of nitro groups is 1. The van der Waals surface area contributed by atoms with Crippen molar-refractivity contribution in [3.63, 3.8) is 0 Å². The van der Waals surface area contributed by atoms with Crippen LogP contribution < -0.4 is 4.74 Å². The summed E-state index contributed by atoms with van der Waals surface area (Å²) in [7, 11) is 1.38. The third-order valence-electron chi connectivity index (χ3n) is 1.73. The van der Waals surface area contributed by atoms with Gasteiger partial charge in [0.15, 0.2) is 0 Å². The molecule has 0 fully saturated rings. The first kappa shape index (κ1) is 9.44. The van der Waals surface area contributed by atoms with E-state index >= 15 is 0 Å². The van der Waals surface area contributed by atoms with Gasteiger partial charge < -0.3 is 4.74 Å². The summed E-state index contributed by atoms with van der Waals surface area (Å²) in [5.41, 5.74) is -0.327. The third kappa shape index (κ3) is 1.58. The molecule has 1 aromatic rings. The molecule has 0 saturated carbocycles. The van der Waals surface area contributed by atoms with Crippen molar-refractivity contribution < 1.29 is 14.1 Å². The lowest BCUT2D eigenvalue weighted by Gasteiger charge is -2.04. The highest BCUT2D eigenvalue weighted by Gasteiger charge is 2.20. The van der Waals surface area contributed by atoms with Crippen LogP contribution in [0, 0.1) is 22.9 Å². The summed E-state index contributed by atoms with van der Waals surface area (Å²) in [5, 5.41) is 10.4. The zero-order valence-corrected chi connectivity index (χ0v) is 7.20. The third-order valence-corrected chi connectivity index (χ3v) is 1.73. The normalized spacial score (nSPS) is 9.77. The van der Waals surface area contributed by atoms with Crippen LogP contribution in [-0.4, -0.2) is 12.0 Å². The van der Waals surface area contributed by atoms with Crippen molar-refractivity contribution in [1.82, 2.24) is 0 Å². The summed E-state index contributed by atoms with van der Waals surface area (Å²) in [6.07, 6.45) is 0. The van der Waals surface area contributed by atoms with Crippen molar-refractivity contribution in [2.45, 2.75) is 6.92 Å². The summed E-state index contributed by atoms with van der Waals surface area (Å²) in [5.74, 6) is -0.531. The molecular weight excluding hydrogens is 177 g/mol. The molecule has 0 aliphatic rings. The summed E-state index contributed by atoms with van der Waals surface area (Å²) in [4.78, 5) is 9.66. The van der Waals surface area contributed by atoms with E-state index in [2.05, 4.69) is 0 Å². The van der Waals surface area contributed by atoms with Gasteiger partial charge in [-0.25, -0.2) is 0 Å². The van der Waals surface area contributed by atoms with E-state index in [1.165, 1.54) is 20.1 Å². The van der Waals surface area contributed by atoms with Gasteiger partial charge in [-0.3, -0.25) is 10.1 Å². The van der Waals surface area contributed by atoms with E-state index in [4.69, 9.17) is 4.74 Å². The highest BCUT2D eigenvalue weighted by molar-refractivity contribution is 5.49. The molecule has 1 aromatic carbocycles. The molecule has 0 spiro atoms. The second-order valence-electron chi connectivity index (χ2n) is 2.48. The van der Waals surface area contributed by atoms with Crippen molar-refractivity contribution in [1.29, 1.82) is 0 Å². The molecule has 0 saturated heterocycles. The fourth-order valence-electron chi connectivity index (χ4n) is 1.09. The minimum atomic E-state index is -0.844. The Labute approximate surface area is 74.1 Å². The average molecular weight is 185 g/mol. The Morgan fingerprint density at radius 3 is 2.62 bits per heavy atom. The summed E-state index contributed by atoms with van der Waals surface area (Å²) < 4.78 is 17.7. The van der Waals surface area contributed by atoms with Gasteiger partial charge in [-0.15, -0.1) is 0 Å². The van der Waals surface area contributed by atoms with Crippen molar-refractivity contribution in [2.75, 3.05) is 7.11 Å². The molecule has 0 atom stereocenters. The van der Waals surface area contributed by atoms with E-state index in [1.54, 1.807) is 0 Å². The van der Waals surface area contributed by atoms with Crippen LogP contribution >= 0.6 is 0 Å². The number of nitro benzene ring substituents is 1. The number of halogens is 1. The molecule has 4 nitrogen and oxygen atoms in total. The molecule has 0 aromatic heterocycles. The first-order valence-electron chi connectivity index (χ1n) is 3.55. The Morgan fingerprint density at radius 2 is 2.15 bits per heavy atom. The summed E-state index contributed by atoms with van der Waals surface area (Å²) in [6.45, 7) is 1.44. The predicted molar refractivity (Wildman–Crippen MR) is 44.3 cm³/mol. The number of hydrogen-bond donors (Lipinski definition) is 0. The van der Waals surface area contributed by atoms with E-state index in [1.807, 2.05) is 0 Å². The molecule has 0 amide bonds. The Bertz CT molecular complexity index is 351. The van der Waals surface area contributed by atoms with E-state index < -0.39 is 16.4 Å².